The molecule has 0 spiro atoms. The topological polar surface area (TPSA) is 100 Å². The van der Waals surface area contributed by atoms with E-state index in [0.29, 0.717) is 17.1 Å². The molecule has 7 nitrogen and oxygen atoms in total. The number of azide groups is 1. The first kappa shape index (κ1) is 12.1. The standard InChI is InChI=1S/C9H12N4O3/c1-15-7-3-11-4-8(16-2)9(7)6(5-14)12-13-10/h3-4,6,14H,5H2,1-2H3. The van der Waals surface area contributed by atoms with Gasteiger partial charge in [-0.1, -0.05) is 5.11 Å². The van der Waals surface area contributed by atoms with Gasteiger partial charge in [0.1, 0.15) is 11.5 Å². The molecule has 0 amide bonds. The summed E-state index contributed by atoms with van der Waals surface area (Å²) in [5.41, 5.74) is 8.89. The molecule has 0 fully saturated rings. The maximum Gasteiger partial charge on any atom is 0.144 e. The number of pyridine rings is 1. The van der Waals surface area contributed by atoms with Crippen molar-refractivity contribution in [2.75, 3.05) is 20.8 Å². The number of aliphatic hydroxyl groups excluding tert-OH is 1. The molecule has 0 bridgehead atoms. The lowest BCUT2D eigenvalue weighted by molar-refractivity contribution is 0.260. The molecule has 1 aromatic heterocycles. The Kier molecular flexibility index (Phi) is 4.38. The zero-order valence-corrected chi connectivity index (χ0v) is 8.99. The van der Waals surface area contributed by atoms with E-state index in [1.807, 2.05) is 0 Å². The number of hydrogen-bond acceptors (Lipinski definition) is 5. The van der Waals surface area contributed by atoms with Crippen molar-refractivity contribution in [3.8, 4) is 11.5 Å². The first-order valence-electron chi connectivity index (χ1n) is 4.49. The Morgan fingerprint density at radius 3 is 2.38 bits per heavy atom. The van der Waals surface area contributed by atoms with E-state index in [0.717, 1.165) is 0 Å². The van der Waals surface area contributed by atoms with Gasteiger partial charge in [0, 0.05) is 4.91 Å². The highest BCUT2D eigenvalue weighted by molar-refractivity contribution is 5.44. The molecule has 7 heteroatoms. The van der Waals surface area contributed by atoms with Crippen molar-refractivity contribution in [1.82, 2.24) is 4.98 Å². The Labute approximate surface area is 92.3 Å². The Morgan fingerprint density at radius 2 is 2.00 bits per heavy atom. The number of methoxy groups -OCH3 is 2. The van der Waals surface area contributed by atoms with Crippen molar-refractivity contribution in [2.45, 2.75) is 6.04 Å². The molecule has 1 unspecified atom stereocenters. The number of aromatic nitrogens is 1. The molecule has 1 atom stereocenters. The molecule has 0 aliphatic carbocycles. The number of nitrogens with zero attached hydrogens (tertiary/aromatic N) is 4. The smallest absolute Gasteiger partial charge is 0.144 e. The quantitative estimate of drug-likeness (QED) is 0.464. The van der Waals surface area contributed by atoms with Gasteiger partial charge in [-0.15, -0.1) is 0 Å². The number of aliphatic hydroxyl groups is 1. The molecule has 1 heterocycles. The summed E-state index contributed by atoms with van der Waals surface area (Å²) in [5, 5.41) is 12.6. The van der Waals surface area contributed by atoms with Crippen LogP contribution >= 0.6 is 0 Å². The van der Waals surface area contributed by atoms with Crippen LogP contribution in [-0.2, 0) is 0 Å². The zero-order chi connectivity index (χ0) is 12.0. The lowest BCUT2D eigenvalue weighted by Gasteiger charge is -2.15. The Balaban J connectivity index is 3.30. The third kappa shape index (κ3) is 2.33. The third-order valence-corrected chi connectivity index (χ3v) is 2.05. The first-order chi connectivity index (χ1) is 7.78. The van der Waals surface area contributed by atoms with Crippen LogP contribution in [0.5, 0.6) is 11.5 Å². The fraction of sp³-hybridized carbons (Fsp3) is 0.444. The normalized spacial score (nSPS) is 11.4. The highest BCUT2D eigenvalue weighted by atomic mass is 16.5. The maximum absolute atomic E-state index is 9.15. The van der Waals surface area contributed by atoms with Gasteiger partial charge in [0.25, 0.3) is 0 Å². The van der Waals surface area contributed by atoms with Crippen molar-refractivity contribution in [3.63, 3.8) is 0 Å². The summed E-state index contributed by atoms with van der Waals surface area (Å²) in [6.07, 6.45) is 2.93. The molecule has 86 valence electrons. The Hall–Kier alpha value is -1.98. The van der Waals surface area contributed by atoms with Gasteiger partial charge in [0.15, 0.2) is 0 Å². The van der Waals surface area contributed by atoms with Gasteiger partial charge in [-0.05, 0) is 5.53 Å². The van der Waals surface area contributed by atoms with Crippen molar-refractivity contribution < 1.29 is 14.6 Å². The molecule has 1 N–H and O–H groups in total. The number of rotatable bonds is 5. The lowest BCUT2D eigenvalue weighted by atomic mass is 10.1. The third-order valence-electron chi connectivity index (χ3n) is 2.05. The Bertz CT molecular complexity index is 381. The van der Waals surface area contributed by atoms with E-state index in [-0.39, 0.29) is 6.61 Å². The minimum Gasteiger partial charge on any atom is -0.495 e. The van der Waals surface area contributed by atoms with E-state index in [2.05, 4.69) is 15.0 Å². The molecule has 0 aliphatic heterocycles. The summed E-state index contributed by atoms with van der Waals surface area (Å²) in [5.74, 6) is 0.816. The van der Waals surface area contributed by atoms with Gasteiger partial charge in [0.2, 0.25) is 0 Å². The summed E-state index contributed by atoms with van der Waals surface area (Å²) in [6, 6.07) is -0.752. The number of hydrogen-bond donors (Lipinski definition) is 1. The maximum atomic E-state index is 9.15. The molecule has 0 aromatic carbocycles. The molecule has 0 radical (unpaired) electrons. The average molecular weight is 224 g/mol. The molecule has 16 heavy (non-hydrogen) atoms. The van der Waals surface area contributed by atoms with Gasteiger partial charge < -0.3 is 14.6 Å². The van der Waals surface area contributed by atoms with E-state index in [1.165, 1.54) is 26.6 Å². The average Bonchev–Trinajstić information content (AvgIpc) is 2.35. The number of ether oxygens (including phenoxy) is 2. The van der Waals surface area contributed by atoms with Gasteiger partial charge in [-0.3, -0.25) is 4.98 Å². The van der Waals surface area contributed by atoms with E-state index in [9.17, 15) is 0 Å². The monoisotopic (exact) mass is 224 g/mol. The lowest BCUT2D eigenvalue weighted by Crippen LogP contribution is -2.06. The van der Waals surface area contributed by atoms with Crippen LogP contribution in [0.15, 0.2) is 17.5 Å². The van der Waals surface area contributed by atoms with E-state index in [1.54, 1.807) is 0 Å². The predicted molar refractivity (Wildman–Crippen MR) is 56.3 cm³/mol. The van der Waals surface area contributed by atoms with Crippen molar-refractivity contribution >= 4 is 0 Å². The predicted octanol–water partition coefficient (Wildman–Crippen LogP) is 1.44. The summed E-state index contributed by atoms with van der Waals surface area (Å²) < 4.78 is 10.2. The molecule has 1 aromatic rings. The van der Waals surface area contributed by atoms with Crippen molar-refractivity contribution in [2.24, 2.45) is 5.11 Å². The summed E-state index contributed by atoms with van der Waals surface area (Å²) in [4.78, 5) is 6.56. The van der Waals surface area contributed by atoms with Crippen molar-refractivity contribution in [3.05, 3.63) is 28.4 Å². The van der Waals surface area contributed by atoms with Crippen LogP contribution in [-0.4, -0.2) is 30.9 Å². The van der Waals surface area contributed by atoms with Gasteiger partial charge in [-0.2, -0.15) is 0 Å². The van der Waals surface area contributed by atoms with Crippen LogP contribution in [0, 0.1) is 0 Å². The van der Waals surface area contributed by atoms with Crippen molar-refractivity contribution in [1.29, 1.82) is 0 Å². The largest absolute Gasteiger partial charge is 0.495 e. The molecular weight excluding hydrogens is 212 g/mol. The molecular formula is C9H12N4O3. The zero-order valence-electron chi connectivity index (χ0n) is 8.99. The molecule has 0 aliphatic rings. The van der Waals surface area contributed by atoms with Crippen LogP contribution in [0.25, 0.3) is 10.4 Å². The van der Waals surface area contributed by atoms with Gasteiger partial charge in [0.05, 0.1) is 44.8 Å². The van der Waals surface area contributed by atoms with E-state index >= 15 is 0 Å². The summed E-state index contributed by atoms with van der Waals surface area (Å²) in [6.45, 7) is -0.333. The second-order valence-corrected chi connectivity index (χ2v) is 2.86. The molecule has 0 saturated carbocycles. The SMILES string of the molecule is COc1cncc(OC)c1C(CO)N=[N+]=[N-]. The molecule has 0 saturated heterocycles. The summed E-state index contributed by atoms with van der Waals surface area (Å²) in [7, 11) is 2.93. The van der Waals surface area contributed by atoms with Crippen LogP contribution in [0.2, 0.25) is 0 Å². The van der Waals surface area contributed by atoms with E-state index < -0.39 is 6.04 Å². The van der Waals surface area contributed by atoms with Gasteiger partial charge in [-0.25, -0.2) is 0 Å². The minimum absolute atomic E-state index is 0.333. The van der Waals surface area contributed by atoms with Gasteiger partial charge >= 0.3 is 0 Å². The van der Waals surface area contributed by atoms with E-state index in [4.69, 9.17) is 20.1 Å². The minimum atomic E-state index is -0.752. The fourth-order valence-corrected chi connectivity index (χ4v) is 1.33. The molecule has 1 rings (SSSR count). The van der Waals surface area contributed by atoms with Crippen LogP contribution < -0.4 is 9.47 Å². The Morgan fingerprint density at radius 1 is 1.44 bits per heavy atom. The van der Waals surface area contributed by atoms with Crippen LogP contribution in [0.4, 0.5) is 0 Å². The second-order valence-electron chi connectivity index (χ2n) is 2.86. The fourth-order valence-electron chi connectivity index (χ4n) is 1.33. The first-order valence-corrected chi connectivity index (χ1v) is 4.49. The highest BCUT2D eigenvalue weighted by Gasteiger charge is 2.19. The second kappa shape index (κ2) is 5.79. The highest BCUT2D eigenvalue weighted by Crippen LogP contribution is 2.34. The van der Waals surface area contributed by atoms with Crippen LogP contribution in [0.3, 0.4) is 0 Å². The van der Waals surface area contributed by atoms with Crippen LogP contribution in [0.1, 0.15) is 11.6 Å². The summed E-state index contributed by atoms with van der Waals surface area (Å²) >= 11 is 0.